The van der Waals surface area contributed by atoms with Gasteiger partial charge in [-0.3, -0.25) is 6.08 Å². The average molecular weight is 782 g/mol. The van der Waals surface area contributed by atoms with Crippen molar-refractivity contribution in [3.05, 3.63) is 203 Å². The van der Waals surface area contributed by atoms with E-state index >= 15 is 0 Å². The summed E-state index contributed by atoms with van der Waals surface area (Å²) in [5.41, 5.74) is 16.1. The Morgan fingerprint density at radius 1 is 0.574 bits per heavy atom. The summed E-state index contributed by atoms with van der Waals surface area (Å²) in [7, 11) is 0. The number of rotatable bonds is 2. The van der Waals surface area contributed by atoms with Crippen LogP contribution in [0.1, 0.15) is 81.3 Å². The van der Waals surface area contributed by atoms with Gasteiger partial charge in [0, 0.05) is 0 Å². The van der Waals surface area contributed by atoms with Crippen LogP contribution in [-0.2, 0) is 41.5 Å². The van der Waals surface area contributed by atoms with E-state index < -0.39 is 0 Å². The van der Waals surface area contributed by atoms with E-state index in [4.69, 9.17) is 0 Å². The van der Waals surface area contributed by atoms with Crippen LogP contribution in [0.2, 0.25) is 0 Å². The molecule has 0 unspecified atom stereocenters. The first kappa shape index (κ1) is 42.3. The van der Waals surface area contributed by atoms with E-state index in [-0.39, 0.29) is 10.8 Å². The minimum absolute atomic E-state index is 0.0380. The SMILES string of the molecule is CC(C)(C)c1cc2c([c-]c1-c1ccccc1)Cc1cc(-c3ccccc3)c(C(C)(C)C)cc1-2.Cc1cc[c-]cc1.Cc1cc[c-]cc1.[C-]1=CC=CC1.[CH2]=[Zr]. The van der Waals surface area contributed by atoms with E-state index in [1.54, 1.807) is 0 Å². The van der Waals surface area contributed by atoms with Crippen LogP contribution in [0.15, 0.2) is 146 Å². The molecule has 0 fully saturated rings. The van der Waals surface area contributed by atoms with Crippen LogP contribution in [-0.4, -0.2) is 4.21 Å². The van der Waals surface area contributed by atoms with Gasteiger partial charge in [0.15, 0.2) is 0 Å². The molecule has 0 bridgehead atoms. The fourth-order valence-electron chi connectivity index (χ4n) is 6.38. The molecule has 0 atom stereocenters. The zero-order valence-corrected chi connectivity index (χ0v) is 35.9. The maximum absolute atomic E-state index is 3.88. The first-order valence-electron chi connectivity index (χ1n) is 18.7. The van der Waals surface area contributed by atoms with Gasteiger partial charge in [0.05, 0.1) is 0 Å². The molecule has 2 aliphatic rings. The number of aryl methyl sites for hydroxylation is 2. The molecule has 0 nitrogen and oxygen atoms in total. The first-order valence-corrected chi connectivity index (χ1v) is 20.5. The predicted molar refractivity (Wildman–Crippen MR) is 231 cm³/mol. The van der Waals surface area contributed by atoms with Crippen molar-refractivity contribution in [1.82, 2.24) is 0 Å². The minimum atomic E-state index is 0.0380. The Kier molecular flexibility index (Phi) is 15.9. The molecule has 0 radical (unpaired) electrons. The Balaban J connectivity index is 0.000000249. The summed E-state index contributed by atoms with van der Waals surface area (Å²) in [6.07, 6.45) is 10.9. The topological polar surface area (TPSA) is 0 Å². The first-order chi connectivity index (χ1) is 25.9. The van der Waals surface area contributed by atoms with E-state index in [2.05, 4.69) is 169 Å². The molecule has 0 spiro atoms. The van der Waals surface area contributed by atoms with Crippen LogP contribution in [0.25, 0.3) is 33.4 Å². The van der Waals surface area contributed by atoms with Crippen LogP contribution in [0, 0.1) is 38.1 Å². The summed E-state index contributed by atoms with van der Waals surface area (Å²) < 4.78 is 3.34. The van der Waals surface area contributed by atoms with Gasteiger partial charge in [-0.1, -0.05) is 145 Å². The zero-order chi connectivity index (χ0) is 39.1. The van der Waals surface area contributed by atoms with Crippen molar-refractivity contribution in [1.29, 1.82) is 0 Å². The van der Waals surface area contributed by atoms with Crippen LogP contribution < -0.4 is 0 Å². The molecule has 2 aliphatic carbocycles. The van der Waals surface area contributed by atoms with E-state index in [1.165, 1.54) is 91.0 Å². The van der Waals surface area contributed by atoms with Crippen LogP contribution >= 0.6 is 0 Å². The predicted octanol–water partition coefficient (Wildman–Crippen LogP) is 13.8. The molecule has 0 saturated heterocycles. The van der Waals surface area contributed by atoms with Gasteiger partial charge < -0.3 is 0 Å². The van der Waals surface area contributed by atoms with E-state index in [0.717, 1.165) is 12.8 Å². The molecule has 0 aromatic heterocycles. The second-order valence-corrected chi connectivity index (χ2v) is 15.6. The van der Waals surface area contributed by atoms with Crippen LogP contribution in [0.4, 0.5) is 0 Å². The van der Waals surface area contributed by atoms with Gasteiger partial charge in [0.2, 0.25) is 0 Å². The third kappa shape index (κ3) is 12.0. The van der Waals surface area contributed by atoms with Crippen molar-refractivity contribution >= 4 is 4.21 Å². The number of hydrogen-bond acceptors (Lipinski definition) is 0. The monoisotopic (exact) mass is 780 g/mol. The second kappa shape index (κ2) is 20.3. The van der Waals surface area contributed by atoms with Crippen molar-refractivity contribution in [3.8, 4) is 33.4 Å². The van der Waals surface area contributed by atoms with Crippen molar-refractivity contribution < 1.29 is 24.2 Å². The Hall–Kier alpha value is -4.45. The van der Waals surface area contributed by atoms with Gasteiger partial charge >= 0.3 is 28.4 Å². The Bertz CT molecular complexity index is 1940. The van der Waals surface area contributed by atoms with Crippen LogP contribution in [0.5, 0.6) is 0 Å². The average Bonchev–Trinajstić information content (AvgIpc) is 3.88. The molecule has 0 amide bonds. The van der Waals surface area contributed by atoms with Gasteiger partial charge in [-0.05, 0) is 39.5 Å². The number of allylic oxidation sites excluding steroid dienone is 4. The molecular formula is C53H54Zr-4. The Morgan fingerprint density at radius 3 is 1.48 bits per heavy atom. The summed E-state index contributed by atoms with van der Waals surface area (Å²) in [6, 6.07) is 54.5. The molecule has 6 aromatic carbocycles. The van der Waals surface area contributed by atoms with Crippen LogP contribution in [0.3, 0.4) is 0 Å². The molecule has 54 heavy (non-hydrogen) atoms. The molecule has 0 aliphatic heterocycles. The molecule has 0 saturated carbocycles. The molecule has 274 valence electrons. The van der Waals surface area contributed by atoms with Crippen molar-refractivity contribution in [2.75, 3.05) is 0 Å². The summed E-state index contributed by atoms with van der Waals surface area (Å²) in [6.45, 7) is 18.0. The fourth-order valence-corrected chi connectivity index (χ4v) is 6.38. The Morgan fingerprint density at radius 2 is 1.07 bits per heavy atom. The summed E-state index contributed by atoms with van der Waals surface area (Å²) in [5.74, 6) is 0. The third-order valence-electron chi connectivity index (χ3n) is 9.18. The van der Waals surface area contributed by atoms with Crippen molar-refractivity contribution in [3.63, 3.8) is 0 Å². The third-order valence-corrected chi connectivity index (χ3v) is 9.18. The number of benzene rings is 6. The van der Waals surface area contributed by atoms with Gasteiger partial charge in [0.1, 0.15) is 0 Å². The molecule has 0 N–H and O–H groups in total. The van der Waals surface area contributed by atoms with Crippen molar-refractivity contribution in [2.24, 2.45) is 0 Å². The molecular weight excluding hydrogens is 728 g/mol. The molecule has 1 heteroatoms. The number of fused-ring (bicyclic) bond motifs is 3. The summed E-state index contributed by atoms with van der Waals surface area (Å²) >= 11 is 1.30. The standard InChI is InChI=1S/C33H33.2C7H7.C5H5.CH2.Zr/c1-32(2,3)30-20-26-24(18-28(30)22-13-9-7-10-14-22)17-25-19-29(23-15-11-8-12-16-23)31(21-27(25)26)33(4,5)6;2*1-7-5-3-2-4-6-7;1-2-4-5-3-1;;/h7-16,18,20-21H,17H2,1-6H3;2*3-6H,1H3;1-3H,4H2;1H2;/q4*-1;;. The maximum atomic E-state index is 3.88. The molecule has 8 rings (SSSR count). The van der Waals surface area contributed by atoms with E-state index in [9.17, 15) is 0 Å². The molecule has 6 aromatic rings. The summed E-state index contributed by atoms with van der Waals surface area (Å²) in [4.78, 5) is 0. The molecule has 0 heterocycles. The quantitative estimate of drug-likeness (QED) is 0.153. The van der Waals surface area contributed by atoms with Gasteiger partial charge in [0.25, 0.3) is 0 Å². The van der Waals surface area contributed by atoms with Crippen molar-refractivity contribution in [2.45, 2.75) is 79.1 Å². The second-order valence-electron chi connectivity index (χ2n) is 15.6. The number of hydrogen-bond donors (Lipinski definition) is 0. The van der Waals surface area contributed by atoms with Gasteiger partial charge in [-0.15, -0.1) is 35.2 Å². The Labute approximate surface area is 342 Å². The van der Waals surface area contributed by atoms with E-state index in [1.807, 2.05) is 60.7 Å². The zero-order valence-electron chi connectivity index (χ0n) is 33.5. The normalized spacial score (nSPS) is 11.9. The van der Waals surface area contributed by atoms with Gasteiger partial charge in [-0.25, -0.2) is 12.2 Å². The van der Waals surface area contributed by atoms with Gasteiger partial charge in [-0.2, -0.15) is 77.9 Å². The van der Waals surface area contributed by atoms with E-state index in [0.29, 0.717) is 0 Å². The summed E-state index contributed by atoms with van der Waals surface area (Å²) in [5, 5.41) is 0. The fraction of sp³-hybridized carbons (Fsp3) is 0.226.